The monoisotopic (exact) mass is 302 g/mol. The SMILES string of the molecule is CCCCCCCCCC(=O)OC[C@@H]1C[C@H](O)CC(O)O1. The largest absolute Gasteiger partial charge is 0.463 e. The molecule has 21 heavy (non-hydrogen) atoms. The van der Waals surface area contributed by atoms with Crippen molar-refractivity contribution in [2.75, 3.05) is 6.61 Å². The lowest BCUT2D eigenvalue weighted by Crippen LogP contribution is -2.38. The molecule has 0 saturated carbocycles. The smallest absolute Gasteiger partial charge is 0.305 e. The van der Waals surface area contributed by atoms with Crippen LogP contribution in [0.5, 0.6) is 0 Å². The number of hydrogen-bond donors (Lipinski definition) is 2. The number of carbonyl (C=O) groups excluding carboxylic acids is 1. The second-order valence-electron chi connectivity index (χ2n) is 5.89. The molecule has 5 heteroatoms. The van der Waals surface area contributed by atoms with E-state index in [0.717, 1.165) is 12.8 Å². The minimum atomic E-state index is -0.958. The van der Waals surface area contributed by atoms with E-state index in [2.05, 4.69) is 6.92 Å². The van der Waals surface area contributed by atoms with Gasteiger partial charge in [0.25, 0.3) is 0 Å². The van der Waals surface area contributed by atoms with Gasteiger partial charge in [0.1, 0.15) is 6.61 Å². The Morgan fingerprint density at radius 3 is 2.43 bits per heavy atom. The zero-order valence-corrected chi connectivity index (χ0v) is 13.1. The van der Waals surface area contributed by atoms with Crippen LogP contribution in [0.25, 0.3) is 0 Å². The van der Waals surface area contributed by atoms with Crippen LogP contribution in [0.1, 0.15) is 71.1 Å². The van der Waals surface area contributed by atoms with E-state index in [1.165, 1.54) is 32.1 Å². The first-order valence-electron chi connectivity index (χ1n) is 8.29. The molecule has 1 rings (SSSR count). The summed E-state index contributed by atoms with van der Waals surface area (Å²) in [7, 11) is 0. The average molecular weight is 302 g/mol. The Labute approximate surface area is 127 Å². The molecule has 1 aliphatic heterocycles. The van der Waals surface area contributed by atoms with Crippen LogP contribution in [0.2, 0.25) is 0 Å². The summed E-state index contributed by atoms with van der Waals surface area (Å²) in [6.07, 6.45) is 7.30. The van der Waals surface area contributed by atoms with Gasteiger partial charge in [0.15, 0.2) is 6.29 Å². The fourth-order valence-electron chi connectivity index (χ4n) is 2.56. The van der Waals surface area contributed by atoms with Crippen molar-refractivity contribution in [3.63, 3.8) is 0 Å². The standard InChI is InChI=1S/C16H30O5/c1-2-3-4-5-6-7-8-9-15(18)20-12-14-10-13(17)11-16(19)21-14/h13-14,16-17,19H,2-12H2,1H3/t13-,14-,16?/m0/s1. The van der Waals surface area contributed by atoms with Crippen LogP contribution in [-0.4, -0.2) is 41.3 Å². The molecule has 0 aliphatic carbocycles. The number of aliphatic hydroxyl groups is 2. The van der Waals surface area contributed by atoms with E-state index in [1.54, 1.807) is 0 Å². The van der Waals surface area contributed by atoms with Crippen LogP contribution in [-0.2, 0) is 14.3 Å². The zero-order chi connectivity index (χ0) is 15.5. The Balaban J connectivity index is 1.98. The molecule has 1 fully saturated rings. The van der Waals surface area contributed by atoms with Crippen molar-refractivity contribution in [3.8, 4) is 0 Å². The molecule has 0 aromatic carbocycles. The van der Waals surface area contributed by atoms with Crippen molar-refractivity contribution in [1.82, 2.24) is 0 Å². The van der Waals surface area contributed by atoms with E-state index in [0.29, 0.717) is 12.8 Å². The summed E-state index contributed by atoms with van der Waals surface area (Å²) in [5.41, 5.74) is 0. The van der Waals surface area contributed by atoms with E-state index < -0.39 is 18.5 Å². The second-order valence-corrected chi connectivity index (χ2v) is 5.89. The van der Waals surface area contributed by atoms with E-state index in [1.807, 2.05) is 0 Å². The van der Waals surface area contributed by atoms with Crippen LogP contribution >= 0.6 is 0 Å². The van der Waals surface area contributed by atoms with E-state index in [4.69, 9.17) is 9.47 Å². The highest BCUT2D eigenvalue weighted by Crippen LogP contribution is 2.18. The van der Waals surface area contributed by atoms with Crippen LogP contribution < -0.4 is 0 Å². The summed E-state index contributed by atoms with van der Waals surface area (Å²) in [5.74, 6) is -0.221. The molecule has 1 aliphatic rings. The van der Waals surface area contributed by atoms with Crippen molar-refractivity contribution in [2.24, 2.45) is 0 Å². The molecule has 1 heterocycles. The molecule has 0 spiro atoms. The van der Waals surface area contributed by atoms with Crippen LogP contribution in [0, 0.1) is 0 Å². The lowest BCUT2D eigenvalue weighted by molar-refractivity contribution is -0.203. The van der Waals surface area contributed by atoms with Crippen LogP contribution in [0.15, 0.2) is 0 Å². The van der Waals surface area contributed by atoms with Crippen LogP contribution in [0.4, 0.5) is 0 Å². The summed E-state index contributed by atoms with van der Waals surface area (Å²) < 4.78 is 10.3. The minimum Gasteiger partial charge on any atom is -0.463 e. The van der Waals surface area contributed by atoms with Crippen molar-refractivity contribution >= 4 is 5.97 Å². The summed E-state index contributed by atoms with van der Waals surface area (Å²) >= 11 is 0. The molecule has 124 valence electrons. The molecule has 5 nitrogen and oxygen atoms in total. The molecule has 0 radical (unpaired) electrons. The molecule has 0 bridgehead atoms. The summed E-state index contributed by atoms with van der Waals surface area (Å²) in [5, 5.41) is 18.9. The molecule has 1 unspecified atom stereocenters. The molecular formula is C16H30O5. The third-order valence-electron chi connectivity index (χ3n) is 3.77. The fourth-order valence-corrected chi connectivity index (χ4v) is 2.56. The lowest BCUT2D eigenvalue weighted by Gasteiger charge is -2.29. The highest BCUT2D eigenvalue weighted by molar-refractivity contribution is 5.69. The van der Waals surface area contributed by atoms with Crippen molar-refractivity contribution in [2.45, 2.75) is 89.6 Å². The van der Waals surface area contributed by atoms with Crippen molar-refractivity contribution < 1.29 is 24.5 Å². The van der Waals surface area contributed by atoms with Gasteiger partial charge < -0.3 is 19.7 Å². The van der Waals surface area contributed by atoms with Gasteiger partial charge in [0, 0.05) is 19.3 Å². The maximum atomic E-state index is 11.6. The van der Waals surface area contributed by atoms with Crippen LogP contribution in [0.3, 0.4) is 0 Å². The average Bonchev–Trinajstić information content (AvgIpc) is 2.43. The Bertz CT molecular complexity index is 272. The van der Waals surface area contributed by atoms with E-state index in [9.17, 15) is 15.0 Å². The molecule has 0 aromatic rings. The molecule has 2 N–H and O–H groups in total. The van der Waals surface area contributed by atoms with E-state index in [-0.39, 0.29) is 19.0 Å². The Kier molecular flexibility index (Phi) is 9.63. The molecule has 3 atom stereocenters. The first kappa shape index (κ1) is 18.4. The maximum Gasteiger partial charge on any atom is 0.305 e. The fraction of sp³-hybridized carbons (Fsp3) is 0.938. The Morgan fingerprint density at radius 1 is 1.10 bits per heavy atom. The summed E-state index contributed by atoms with van der Waals surface area (Å²) in [6, 6.07) is 0. The highest BCUT2D eigenvalue weighted by Gasteiger charge is 2.27. The molecule has 0 aromatic heterocycles. The number of aliphatic hydroxyl groups excluding tert-OH is 2. The minimum absolute atomic E-state index is 0.115. The Hall–Kier alpha value is -0.650. The first-order chi connectivity index (χ1) is 10.1. The number of rotatable bonds is 10. The number of carbonyl (C=O) groups is 1. The van der Waals surface area contributed by atoms with Gasteiger partial charge >= 0.3 is 5.97 Å². The maximum absolute atomic E-state index is 11.6. The molecular weight excluding hydrogens is 272 g/mol. The number of esters is 1. The number of ether oxygens (including phenoxy) is 2. The van der Waals surface area contributed by atoms with Gasteiger partial charge in [-0.05, 0) is 6.42 Å². The van der Waals surface area contributed by atoms with Gasteiger partial charge in [0.2, 0.25) is 0 Å². The zero-order valence-electron chi connectivity index (χ0n) is 13.1. The third kappa shape index (κ3) is 9.06. The first-order valence-corrected chi connectivity index (χ1v) is 8.29. The lowest BCUT2D eigenvalue weighted by atomic mass is 10.1. The van der Waals surface area contributed by atoms with Gasteiger partial charge in [-0.1, -0.05) is 45.4 Å². The summed E-state index contributed by atoms with van der Waals surface area (Å²) in [4.78, 5) is 11.6. The summed E-state index contributed by atoms with van der Waals surface area (Å²) in [6.45, 7) is 2.31. The Morgan fingerprint density at radius 2 is 1.76 bits per heavy atom. The predicted molar refractivity (Wildman–Crippen MR) is 79.7 cm³/mol. The van der Waals surface area contributed by atoms with E-state index >= 15 is 0 Å². The topological polar surface area (TPSA) is 76.0 Å². The highest BCUT2D eigenvalue weighted by atomic mass is 16.6. The molecule has 1 saturated heterocycles. The predicted octanol–water partition coefficient (Wildman–Crippen LogP) is 2.53. The quantitative estimate of drug-likeness (QED) is 0.479. The van der Waals surface area contributed by atoms with Gasteiger partial charge in [-0.25, -0.2) is 0 Å². The number of unbranched alkanes of at least 4 members (excludes halogenated alkanes) is 6. The normalized spacial score (nSPS) is 25.8. The third-order valence-corrected chi connectivity index (χ3v) is 3.77. The van der Waals surface area contributed by atoms with Gasteiger partial charge in [-0.3, -0.25) is 4.79 Å². The second kappa shape index (κ2) is 11.0. The van der Waals surface area contributed by atoms with Crippen molar-refractivity contribution in [3.05, 3.63) is 0 Å². The van der Waals surface area contributed by atoms with Gasteiger partial charge in [-0.2, -0.15) is 0 Å². The molecule has 0 amide bonds. The van der Waals surface area contributed by atoms with Crippen molar-refractivity contribution in [1.29, 1.82) is 0 Å². The van der Waals surface area contributed by atoms with Gasteiger partial charge in [-0.15, -0.1) is 0 Å². The number of hydrogen-bond acceptors (Lipinski definition) is 5. The van der Waals surface area contributed by atoms with Gasteiger partial charge in [0.05, 0.1) is 12.2 Å².